The van der Waals surface area contributed by atoms with Gasteiger partial charge in [-0.1, -0.05) is 54.6 Å². The highest BCUT2D eigenvalue weighted by molar-refractivity contribution is 5.73. The molecule has 0 bridgehead atoms. The van der Waals surface area contributed by atoms with Gasteiger partial charge in [-0.3, -0.25) is 0 Å². The lowest BCUT2D eigenvalue weighted by Crippen LogP contribution is -2.05. The number of unbranched alkanes of at least 4 members (excludes halogenated alkanes) is 3. The van der Waals surface area contributed by atoms with E-state index in [4.69, 9.17) is 0 Å². The molecule has 0 amide bonds. The second kappa shape index (κ2) is 9.57. The van der Waals surface area contributed by atoms with Crippen LogP contribution in [0.25, 0.3) is 11.1 Å². The number of rotatable bonds is 9. The predicted octanol–water partition coefficient (Wildman–Crippen LogP) is 7.25. The van der Waals surface area contributed by atoms with Crippen LogP contribution in [-0.2, 0) is 25.7 Å². The quantitative estimate of drug-likeness (QED) is 0.332. The molecule has 2 aromatic rings. The van der Waals surface area contributed by atoms with Crippen molar-refractivity contribution in [2.75, 3.05) is 0 Å². The van der Waals surface area contributed by atoms with Crippen molar-refractivity contribution in [3.63, 3.8) is 0 Å². The Bertz CT molecular complexity index is 764. The van der Waals surface area contributed by atoms with E-state index in [0.29, 0.717) is 0 Å². The zero-order valence-corrected chi connectivity index (χ0v) is 16.3. The zero-order valence-electron chi connectivity index (χ0n) is 16.3. The summed E-state index contributed by atoms with van der Waals surface area (Å²) in [6.45, 7) is 5.91. The van der Waals surface area contributed by atoms with Gasteiger partial charge in [0.05, 0.1) is 0 Å². The molecule has 1 aliphatic carbocycles. The Labute approximate surface area is 159 Å². The first kappa shape index (κ1) is 18.7. The molecule has 0 aliphatic heterocycles. The van der Waals surface area contributed by atoms with Crippen molar-refractivity contribution in [3.05, 3.63) is 83.5 Å². The minimum Gasteiger partial charge on any atom is -0.103 e. The largest absolute Gasteiger partial charge is 0.103 e. The molecule has 26 heavy (non-hydrogen) atoms. The summed E-state index contributed by atoms with van der Waals surface area (Å²) < 4.78 is 0. The maximum atomic E-state index is 3.81. The number of hydrogen-bond acceptors (Lipinski definition) is 0. The summed E-state index contributed by atoms with van der Waals surface area (Å²) in [5.74, 6) is 0. The Kier molecular flexibility index (Phi) is 6.89. The van der Waals surface area contributed by atoms with E-state index < -0.39 is 0 Å². The molecule has 1 aliphatic rings. The molecule has 136 valence electrons. The van der Waals surface area contributed by atoms with Crippen LogP contribution in [-0.4, -0.2) is 0 Å². The van der Waals surface area contributed by atoms with E-state index in [1.165, 1.54) is 73.6 Å². The van der Waals surface area contributed by atoms with Crippen molar-refractivity contribution < 1.29 is 0 Å². The Morgan fingerprint density at radius 1 is 0.808 bits per heavy atom. The molecule has 0 unspecified atom stereocenters. The monoisotopic (exact) mass is 344 g/mol. The zero-order chi connectivity index (χ0) is 18.2. The van der Waals surface area contributed by atoms with Crippen LogP contribution in [0.4, 0.5) is 0 Å². The molecule has 0 aromatic heterocycles. The highest BCUT2D eigenvalue weighted by Gasteiger charge is 2.16. The average Bonchev–Trinajstić information content (AvgIpc) is 2.68. The van der Waals surface area contributed by atoms with Gasteiger partial charge in [-0.05, 0) is 98.1 Å². The molecule has 0 N–H and O–H groups in total. The SMILES string of the molecule is C=CCCCCc1ccc2c(c1)CCc1cc(CCC/C=C/C)ccc1-2. The lowest BCUT2D eigenvalue weighted by Gasteiger charge is -2.21. The molecule has 0 atom stereocenters. The van der Waals surface area contributed by atoms with Crippen molar-refractivity contribution in [2.45, 2.75) is 64.7 Å². The van der Waals surface area contributed by atoms with Crippen LogP contribution in [0.1, 0.15) is 61.3 Å². The third-order valence-electron chi connectivity index (χ3n) is 5.49. The van der Waals surface area contributed by atoms with Crippen molar-refractivity contribution in [1.29, 1.82) is 0 Å². The first-order chi connectivity index (χ1) is 12.8. The molecule has 3 rings (SSSR count). The van der Waals surface area contributed by atoms with Gasteiger partial charge in [0.25, 0.3) is 0 Å². The van der Waals surface area contributed by atoms with Crippen LogP contribution in [0.2, 0.25) is 0 Å². The maximum absolute atomic E-state index is 3.81. The summed E-state index contributed by atoms with van der Waals surface area (Å²) in [5, 5.41) is 0. The smallest absolute Gasteiger partial charge is 0.0149 e. The van der Waals surface area contributed by atoms with E-state index in [1.807, 2.05) is 6.08 Å². The maximum Gasteiger partial charge on any atom is -0.0149 e. The van der Waals surface area contributed by atoms with E-state index in [0.717, 1.165) is 6.42 Å². The molecule has 0 fully saturated rings. The van der Waals surface area contributed by atoms with E-state index in [9.17, 15) is 0 Å². The van der Waals surface area contributed by atoms with Crippen LogP contribution < -0.4 is 0 Å². The Morgan fingerprint density at radius 3 is 2.00 bits per heavy atom. The lowest BCUT2D eigenvalue weighted by atomic mass is 9.83. The van der Waals surface area contributed by atoms with Crippen molar-refractivity contribution in [2.24, 2.45) is 0 Å². The van der Waals surface area contributed by atoms with Crippen LogP contribution in [0, 0.1) is 0 Å². The fourth-order valence-corrected chi connectivity index (χ4v) is 4.02. The molecule has 0 radical (unpaired) electrons. The van der Waals surface area contributed by atoms with Gasteiger partial charge in [-0.2, -0.15) is 0 Å². The first-order valence-electron chi connectivity index (χ1n) is 10.3. The minimum absolute atomic E-state index is 1.13. The van der Waals surface area contributed by atoms with Gasteiger partial charge in [0.1, 0.15) is 0 Å². The summed E-state index contributed by atoms with van der Waals surface area (Å²) in [6.07, 6.45) is 17.3. The summed E-state index contributed by atoms with van der Waals surface area (Å²) in [4.78, 5) is 0. The first-order valence-corrected chi connectivity index (χ1v) is 10.3. The normalized spacial score (nSPS) is 12.8. The van der Waals surface area contributed by atoms with Crippen molar-refractivity contribution >= 4 is 0 Å². The summed E-state index contributed by atoms with van der Waals surface area (Å²) in [7, 11) is 0. The van der Waals surface area contributed by atoms with Gasteiger partial charge >= 0.3 is 0 Å². The van der Waals surface area contributed by atoms with E-state index in [2.05, 4.69) is 62.1 Å². The second-order valence-corrected chi connectivity index (χ2v) is 7.48. The molecule has 0 nitrogen and oxygen atoms in total. The fourth-order valence-electron chi connectivity index (χ4n) is 4.02. The van der Waals surface area contributed by atoms with Crippen LogP contribution in [0.3, 0.4) is 0 Å². The van der Waals surface area contributed by atoms with Gasteiger partial charge in [0, 0.05) is 0 Å². The fraction of sp³-hybridized carbons (Fsp3) is 0.385. The van der Waals surface area contributed by atoms with Crippen LogP contribution >= 0.6 is 0 Å². The number of allylic oxidation sites excluding steroid dienone is 3. The average molecular weight is 345 g/mol. The molecular formula is C26H32. The lowest BCUT2D eigenvalue weighted by molar-refractivity contribution is 0.747. The second-order valence-electron chi connectivity index (χ2n) is 7.48. The van der Waals surface area contributed by atoms with E-state index >= 15 is 0 Å². The molecule has 0 saturated carbocycles. The van der Waals surface area contributed by atoms with Gasteiger partial charge in [-0.25, -0.2) is 0 Å². The molecule has 0 heteroatoms. The Hall–Kier alpha value is -2.08. The Balaban J connectivity index is 1.69. The van der Waals surface area contributed by atoms with Gasteiger partial charge in [0.15, 0.2) is 0 Å². The molecule has 2 aromatic carbocycles. The van der Waals surface area contributed by atoms with E-state index in [-0.39, 0.29) is 0 Å². The van der Waals surface area contributed by atoms with Gasteiger partial charge in [0.2, 0.25) is 0 Å². The van der Waals surface area contributed by atoms with Crippen LogP contribution in [0.15, 0.2) is 61.2 Å². The molecule has 0 heterocycles. The van der Waals surface area contributed by atoms with Crippen molar-refractivity contribution in [3.8, 4) is 11.1 Å². The summed E-state index contributed by atoms with van der Waals surface area (Å²) >= 11 is 0. The van der Waals surface area contributed by atoms with Gasteiger partial charge < -0.3 is 0 Å². The topological polar surface area (TPSA) is 0 Å². The highest BCUT2D eigenvalue weighted by Crippen LogP contribution is 2.35. The number of aryl methyl sites for hydroxylation is 4. The third kappa shape index (κ3) is 4.75. The summed E-state index contributed by atoms with van der Waals surface area (Å²) in [5.41, 5.74) is 9.00. The Morgan fingerprint density at radius 2 is 1.42 bits per heavy atom. The molecule has 0 spiro atoms. The predicted molar refractivity (Wildman–Crippen MR) is 115 cm³/mol. The molecule has 0 saturated heterocycles. The molecular weight excluding hydrogens is 312 g/mol. The number of fused-ring (bicyclic) bond motifs is 3. The standard InChI is InChI=1S/C26H32/c1-3-5-7-9-11-21-13-17-25-23(19-21)15-16-24-20-22(14-18-26(24)25)12-10-8-6-4-2/h3-4,6,13-14,17-20H,1,5,7-12,15-16H2,2H3/b6-4+. The summed E-state index contributed by atoms with van der Waals surface area (Å²) in [6, 6.07) is 14.3. The third-order valence-corrected chi connectivity index (χ3v) is 5.49. The van der Waals surface area contributed by atoms with Crippen LogP contribution in [0.5, 0.6) is 0 Å². The van der Waals surface area contributed by atoms with E-state index in [1.54, 1.807) is 11.1 Å². The highest BCUT2D eigenvalue weighted by atomic mass is 14.2. The van der Waals surface area contributed by atoms with Gasteiger partial charge in [-0.15, -0.1) is 6.58 Å². The number of benzene rings is 2. The number of hydrogen-bond donors (Lipinski definition) is 0. The minimum atomic E-state index is 1.13. The van der Waals surface area contributed by atoms with Crippen molar-refractivity contribution in [1.82, 2.24) is 0 Å².